The van der Waals surface area contributed by atoms with E-state index in [0.717, 1.165) is 48.5 Å². The van der Waals surface area contributed by atoms with Gasteiger partial charge < -0.3 is 9.88 Å². The predicted octanol–water partition coefficient (Wildman–Crippen LogP) is 4.62. The Hall–Kier alpha value is -3.50. The van der Waals surface area contributed by atoms with Crippen molar-refractivity contribution in [3.05, 3.63) is 64.8 Å². The molecule has 4 rings (SSSR count). The van der Waals surface area contributed by atoms with Crippen molar-refractivity contribution in [3.8, 4) is 5.69 Å². The van der Waals surface area contributed by atoms with Gasteiger partial charge in [-0.1, -0.05) is 18.6 Å². The van der Waals surface area contributed by atoms with Gasteiger partial charge in [0.15, 0.2) is 11.5 Å². The number of nitrogens with zero attached hydrogens (tertiary/aromatic N) is 4. The first kappa shape index (κ1) is 23.7. The fourth-order valence-electron chi connectivity index (χ4n) is 4.73. The minimum Gasteiger partial charge on any atom is -0.356 e. The molecule has 1 aliphatic heterocycles. The molecule has 0 aliphatic carbocycles. The summed E-state index contributed by atoms with van der Waals surface area (Å²) in [5, 5.41) is 2.82. The highest BCUT2D eigenvalue weighted by atomic mass is 16.1. The van der Waals surface area contributed by atoms with Gasteiger partial charge in [-0.05, 0) is 70.5 Å². The molecule has 34 heavy (non-hydrogen) atoms. The lowest BCUT2D eigenvalue weighted by Crippen LogP contribution is -2.34. The van der Waals surface area contributed by atoms with Crippen molar-refractivity contribution in [1.82, 2.24) is 19.8 Å². The van der Waals surface area contributed by atoms with Gasteiger partial charge in [-0.15, -0.1) is 0 Å². The number of carbonyl (C=O) groups excluding carboxylic acids is 2. The van der Waals surface area contributed by atoms with E-state index in [0.29, 0.717) is 42.7 Å². The summed E-state index contributed by atoms with van der Waals surface area (Å²) in [6.07, 6.45) is 4.36. The number of hydrogen-bond acceptors (Lipinski definition) is 4. The largest absolute Gasteiger partial charge is 0.356 e. The van der Waals surface area contributed by atoms with E-state index >= 15 is 0 Å². The maximum absolute atomic E-state index is 13.6. The molecule has 2 aromatic heterocycles. The standard InChI is InChI=1S/C27H31N5O2/c1-4-29-25(34)15-11-21-10-14-23-27(30-21)26(24(33)18-31-16-6-5-7-17-31)19(2)32(23)22-12-8-20(28-3)9-13-22/h8-10,12-14H,4-7,11,15-18H2,1-2H3,(H,29,34). The predicted molar refractivity (Wildman–Crippen MR) is 134 cm³/mol. The molecule has 0 spiro atoms. The summed E-state index contributed by atoms with van der Waals surface area (Å²) in [5.41, 5.74) is 5.30. The zero-order chi connectivity index (χ0) is 24.1. The van der Waals surface area contributed by atoms with Crippen LogP contribution in [0, 0.1) is 13.5 Å². The molecular formula is C27H31N5O2. The van der Waals surface area contributed by atoms with E-state index in [4.69, 9.17) is 11.6 Å². The number of aryl methyl sites for hydroxylation is 1. The van der Waals surface area contributed by atoms with Crippen molar-refractivity contribution >= 4 is 28.4 Å². The van der Waals surface area contributed by atoms with Gasteiger partial charge in [0.25, 0.3) is 0 Å². The summed E-state index contributed by atoms with van der Waals surface area (Å²) >= 11 is 0. The quantitative estimate of drug-likeness (QED) is 0.396. The second kappa shape index (κ2) is 10.6. The summed E-state index contributed by atoms with van der Waals surface area (Å²) in [6, 6.07) is 11.3. The Morgan fingerprint density at radius 3 is 2.50 bits per heavy atom. The number of likely N-dealkylation sites (tertiary alicyclic amines) is 1. The number of pyridine rings is 1. The lowest BCUT2D eigenvalue weighted by Gasteiger charge is -2.25. The summed E-state index contributed by atoms with van der Waals surface area (Å²) < 4.78 is 2.05. The Morgan fingerprint density at radius 1 is 1.09 bits per heavy atom. The topological polar surface area (TPSA) is 71.6 Å². The van der Waals surface area contributed by atoms with Crippen LogP contribution in [0.1, 0.15) is 54.4 Å². The zero-order valence-corrected chi connectivity index (χ0v) is 19.9. The highest BCUT2D eigenvalue weighted by Gasteiger charge is 2.24. The molecule has 1 aromatic carbocycles. The van der Waals surface area contributed by atoms with Crippen molar-refractivity contribution < 1.29 is 9.59 Å². The Morgan fingerprint density at radius 2 is 1.82 bits per heavy atom. The maximum Gasteiger partial charge on any atom is 0.220 e. The summed E-state index contributed by atoms with van der Waals surface area (Å²) in [7, 11) is 0. The third-order valence-electron chi connectivity index (χ3n) is 6.42. The molecule has 0 saturated carbocycles. The first-order valence-corrected chi connectivity index (χ1v) is 12.0. The molecular weight excluding hydrogens is 426 g/mol. The molecule has 0 unspecified atom stereocenters. The van der Waals surface area contributed by atoms with Gasteiger partial charge in [-0.25, -0.2) is 4.85 Å². The van der Waals surface area contributed by atoms with Crippen LogP contribution in [0.5, 0.6) is 0 Å². The fourth-order valence-corrected chi connectivity index (χ4v) is 4.73. The Kier molecular flexibility index (Phi) is 7.39. The highest BCUT2D eigenvalue weighted by molar-refractivity contribution is 6.09. The van der Waals surface area contributed by atoms with Crippen molar-refractivity contribution in [1.29, 1.82) is 0 Å². The normalized spacial score (nSPS) is 14.1. The van der Waals surface area contributed by atoms with Crippen LogP contribution in [0.3, 0.4) is 0 Å². The lowest BCUT2D eigenvalue weighted by atomic mass is 10.1. The molecule has 1 fully saturated rings. The number of ketones is 1. The number of hydrogen-bond donors (Lipinski definition) is 1. The molecule has 1 saturated heterocycles. The van der Waals surface area contributed by atoms with E-state index in [9.17, 15) is 9.59 Å². The van der Waals surface area contributed by atoms with Crippen LogP contribution >= 0.6 is 0 Å². The molecule has 176 valence electrons. The first-order valence-electron chi connectivity index (χ1n) is 12.0. The van der Waals surface area contributed by atoms with Gasteiger partial charge in [0.05, 0.1) is 29.7 Å². The van der Waals surface area contributed by atoms with E-state index in [2.05, 4.69) is 15.1 Å². The van der Waals surface area contributed by atoms with Crippen LogP contribution in [0.2, 0.25) is 0 Å². The van der Waals surface area contributed by atoms with E-state index < -0.39 is 0 Å². The van der Waals surface area contributed by atoms with E-state index in [1.165, 1.54) is 6.42 Å². The van der Waals surface area contributed by atoms with Crippen LogP contribution in [0.4, 0.5) is 5.69 Å². The molecule has 7 nitrogen and oxygen atoms in total. The van der Waals surface area contributed by atoms with Gasteiger partial charge >= 0.3 is 0 Å². The van der Waals surface area contributed by atoms with Gasteiger partial charge in [0.1, 0.15) is 0 Å². The highest BCUT2D eigenvalue weighted by Crippen LogP contribution is 2.30. The monoisotopic (exact) mass is 457 g/mol. The third-order valence-corrected chi connectivity index (χ3v) is 6.42. The molecule has 7 heteroatoms. The van der Waals surface area contributed by atoms with E-state index in [1.807, 2.05) is 42.7 Å². The Balaban J connectivity index is 1.75. The second-order valence-electron chi connectivity index (χ2n) is 8.81. The molecule has 1 amide bonds. The van der Waals surface area contributed by atoms with Crippen LogP contribution in [-0.2, 0) is 11.2 Å². The molecule has 0 bridgehead atoms. The van der Waals surface area contributed by atoms with E-state index in [-0.39, 0.29) is 11.7 Å². The molecule has 3 heterocycles. The molecule has 0 radical (unpaired) electrons. The number of rotatable bonds is 8. The summed E-state index contributed by atoms with van der Waals surface area (Å²) in [5.74, 6) is 0.0775. The molecule has 1 N–H and O–H groups in total. The smallest absolute Gasteiger partial charge is 0.220 e. The number of piperidine rings is 1. The first-order chi connectivity index (χ1) is 16.5. The molecule has 1 aliphatic rings. The van der Waals surface area contributed by atoms with Crippen LogP contribution < -0.4 is 5.32 Å². The van der Waals surface area contributed by atoms with Gasteiger partial charge in [0, 0.05) is 30.0 Å². The Bertz CT molecular complexity index is 1230. The number of nitrogens with one attached hydrogen (secondary N) is 1. The van der Waals surface area contributed by atoms with Crippen LogP contribution in [0.25, 0.3) is 21.6 Å². The number of benzene rings is 1. The summed E-state index contributed by atoms with van der Waals surface area (Å²) in [4.78, 5) is 36.1. The average Bonchev–Trinajstić information content (AvgIpc) is 3.14. The third kappa shape index (κ3) is 5.02. The van der Waals surface area contributed by atoms with Crippen LogP contribution in [0.15, 0.2) is 36.4 Å². The van der Waals surface area contributed by atoms with Crippen molar-refractivity contribution in [2.45, 2.75) is 46.0 Å². The van der Waals surface area contributed by atoms with Crippen molar-refractivity contribution in [2.75, 3.05) is 26.2 Å². The van der Waals surface area contributed by atoms with Crippen molar-refractivity contribution in [3.63, 3.8) is 0 Å². The number of aromatic nitrogens is 2. The lowest BCUT2D eigenvalue weighted by molar-refractivity contribution is -0.120. The number of Topliss-reactive ketones (excluding diaryl/α,β-unsaturated/α-hetero) is 1. The number of fused-ring (bicyclic) bond motifs is 1. The SMILES string of the molecule is [C-]#[N+]c1ccc(-n2c(C)c(C(=O)CN3CCCCC3)c3nc(CCC(=O)NCC)ccc32)cc1. The number of amides is 1. The summed E-state index contributed by atoms with van der Waals surface area (Å²) in [6.45, 7) is 14.0. The number of carbonyl (C=O) groups is 2. The van der Waals surface area contributed by atoms with E-state index in [1.54, 1.807) is 12.1 Å². The minimum atomic E-state index is -0.000515. The minimum absolute atomic E-state index is 0.000515. The van der Waals surface area contributed by atoms with Crippen molar-refractivity contribution in [2.24, 2.45) is 0 Å². The molecule has 3 aromatic rings. The average molecular weight is 458 g/mol. The van der Waals surface area contributed by atoms with Crippen LogP contribution in [-0.4, -0.2) is 52.3 Å². The molecule has 0 atom stereocenters. The zero-order valence-electron chi connectivity index (χ0n) is 19.9. The maximum atomic E-state index is 13.6. The Labute approximate surface area is 200 Å². The van der Waals surface area contributed by atoms with Gasteiger partial charge in [0.2, 0.25) is 5.91 Å². The van der Waals surface area contributed by atoms with Gasteiger partial charge in [-0.2, -0.15) is 0 Å². The second-order valence-corrected chi connectivity index (χ2v) is 8.81. The fraction of sp³-hybridized carbons (Fsp3) is 0.407. The van der Waals surface area contributed by atoms with Gasteiger partial charge in [-0.3, -0.25) is 19.5 Å².